The van der Waals surface area contributed by atoms with E-state index in [1.165, 1.54) is 55.9 Å². The molecule has 5 N–H and O–H groups in total. The van der Waals surface area contributed by atoms with E-state index in [1.54, 1.807) is 38.1 Å². The number of carboxylic acid groups (broad SMARTS) is 2. The number of fused-ring (bicyclic) bond motifs is 2. The summed E-state index contributed by atoms with van der Waals surface area (Å²) in [7, 11) is 0. The molecule has 2 fully saturated rings. The zero-order chi connectivity index (χ0) is 32.5. The molecule has 2 saturated heterocycles. The van der Waals surface area contributed by atoms with Gasteiger partial charge in [-0.2, -0.15) is 0 Å². The number of para-hydroxylation sites is 2. The smallest absolute Gasteiger partial charge is 0.357 e. The minimum absolute atomic E-state index is 0. The van der Waals surface area contributed by atoms with Crippen LogP contribution in [-0.4, -0.2) is 126 Å². The van der Waals surface area contributed by atoms with Crippen molar-refractivity contribution < 1.29 is 34.9 Å². The predicted molar refractivity (Wildman–Crippen MR) is 172 cm³/mol. The number of aromatic carboxylic acids is 1. The standard InChI is InChI=1S/C18H16N4O6S.2C6H15N.H2O/c1-18(2)12(17(27)28)22-14(24)11(15(22)29-18)21-13(23)9-10(16(25)26)20-8-6-4-3-5-7(8)19-9;2*1-4-7(5-2)6-3;/h3-6,11-12,15H,1-2H3,(H,21,23)(H,25,26)(H,27,28);2*4-6H2,1-3H3;1H2/t11-,12+,15-;;;/m1.../s1. The molecule has 4 rings (SSSR count). The summed E-state index contributed by atoms with van der Waals surface area (Å²) in [4.78, 5) is 62.5. The quantitative estimate of drug-likeness (QED) is 0.325. The molecular weight excluding hydrogens is 588 g/mol. The van der Waals surface area contributed by atoms with Gasteiger partial charge in [0.15, 0.2) is 11.4 Å². The molecule has 0 aliphatic carbocycles. The third-order valence-corrected chi connectivity index (χ3v) is 9.20. The summed E-state index contributed by atoms with van der Waals surface area (Å²) in [6, 6.07) is 4.54. The molecule has 2 aliphatic rings. The van der Waals surface area contributed by atoms with Gasteiger partial charge in [0.25, 0.3) is 5.91 Å². The first-order valence-corrected chi connectivity index (χ1v) is 15.7. The molecule has 0 saturated carbocycles. The van der Waals surface area contributed by atoms with E-state index in [4.69, 9.17) is 0 Å². The first kappa shape index (κ1) is 38.7. The van der Waals surface area contributed by atoms with Crippen molar-refractivity contribution in [2.45, 2.75) is 77.6 Å². The van der Waals surface area contributed by atoms with Crippen molar-refractivity contribution in [1.29, 1.82) is 0 Å². The Morgan fingerprint density at radius 2 is 1.30 bits per heavy atom. The average molecular weight is 637 g/mol. The van der Waals surface area contributed by atoms with Gasteiger partial charge in [-0.25, -0.2) is 19.6 Å². The first-order valence-electron chi connectivity index (χ1n) is 14.8. The molecule has 1 aromatic heterocycles. The van der Waals surface area contributed by atoms with Crippen LogP contribution in [0, 0.1) is 0 Å². The van der Waals surface area contributed by atoms with Gasteiger partial charge < -0.3 is 35.7 Å². The van der Waals surface area contributed by atoms with E-state index in [0.717, 1.165) is 0 Å². The van der Waals surface area contributed by atoms with Crippen molar-refractivity contribution in [1.82, 2.24) is 30.0 Å². The van der Waals surface area contributed by atoms with Crippen molar-refractivity contribution >= 4 is 46.5 Å². The van der Waals surface area contributed by atoms with Gasteiger partial charge >= 0.3 is 11.9 Å². The van der Waals surface area contributed by atoms with Crippen LogP contribution in [0.15, 0.2) is 24.3 Å². The largest absolute Gasteiger partial charge is 0.480 e. The monoisotopic (exact) mass is 636 g/mol. The molecule has 3 heterocycles. The summed E-state index contributed by atoms with van der Waals surface area (Å²) in [5, 5.41) is 20.8. The SMILES string of the molecule is CC1(C)S[C@@H]2[C@H](NC(=O)c3nc4ccccc4nc3C(=O)O)C(=O)N2[C@H]1C(=O)O.CCN(CC)CC.CCN(CC)CC.O. The lowest BCUT2D eigenvalue weighted by Crippen LogP contribution is -2.70. The van der Waals surface area contributed by atoms with Crippen molar-refractivity contribution in [3.05, 3.63) is 35.7 Å². The van der Waals surface area contributed by atoms with Crippen molar-refractivity contribution in [2.75, 3.05) is 39.3 Å². The average Bonchev–Trinajstić information content (AvgIpc) is 3.25. The number of nitrogens with zero attached hydrogens (tertiary/aromatic N) is 5. The number of carboxylic acids is 2. The molecule has 246 valence electrons. The Morgan fingerprint density at radius 1 is 0.864 bits per heavy atom. The van der Waals surface area contributed by atoms with E-state index in [9.17, 15) is 29.4 Å². The highest BCUT2D eigenvalue weighted by molar-refractivity contribution is 8.01. The molecule has 0 unspecified atom stereocenters. The van der Waals surface area contributed by atoms with E-state index in [0.29, 0.717) is 11.0 Å². The number of benzene rings is 1. The molecule has 2 aliphatic heterocycles. The molecule has 14 heteroatoms. The zero-order valence-corrected chi connectivity index (χ0v) is 27.8. The van der Waals surface area contributed by atoms with E-state index >= 15 is 0 Å². The molecule has 1 aromatic carbocycles. The summed E-state index contributed by atoms with van der Waals surface area (Å²) in [5.74, 6) is -3.91. The lowest BCUT2D eigenvalue weighted by Gasteiger charge is -2.43. The van der Waals surface area contributed by atoms with Crippen LogP contribution in [0.3, 0.4) is 0 Å². The van der Waals surface area contributed by atoms with Gasteiger partial charge in [0, 0.05) is 4.75 Å². The Morgan fingerprint density at radius 3 is 1.66 bits per heavy atom. The molecule has 2 amide bonds. The molecule has 0 spiro atoms. The highest BCUT2D eigenvalue weighted by Gasteiger charge is 2.64. The molecule has 2 aromatic rings. The Bertz CT molecular complexity index is 1260. The van der Waals surface area contributed by atoms with Gasteiger partial charge in [-0.05, 0) is 65.2 Å². The topological polar surface area (TPSA) is 188 Å². The van der Waals surface area contributed by atoms with Crippen molar-refractivity contribution in [2.24, 2.45) is 0 Å². The number of hydrogen-bond acceptors (Lipinski definition) is 9. The zero-order valence-electron chi connectivity index (χ0n) is 27.0. The van der Waals surface area contributed by atoms with Crippen LogP contribution in [-0.2, 0) is 9.59 Å². The van der Waals surface area contributed by atoms with E-state index in [-0.39, 0.29) is 5.48 Å². The summed E-state index contributed by atoms with van der Waals surface area (Å²) in [6.07, 6.45) is 0. The number of aromatic nitrogens is 2. The summed E-state index contributed by atoms with van der Waals surface area (Å²) >= 11 is 1.27. The van der Waals surface area contributed by atoms with Crippen LogP contribution in [0.25, 0.3) is 11.0 Å². The maximum atomic E-state index is 12.8. The Hall–Kier alpha value is -3.33. The number of nitrogens with one attached hydrogen (secondary N) is 1. The first-order chi connectivity index (χ1) is 20.3. The van der Waals surface area contributed by atoms with Crippen LogP contribution in [0.1, 0.15) is 76.4 Å². The summed E-state index contributed by atoms with van der Waals surface area (Å²) in [6.45, 7) is 23.7. The number of β-lactam (4-membered cyclic amide) rings is 1. The molecule has 0 radical (unpaired) electrons. The fourth-order valence-corrected chi connectivity index (χ4v) is 6.63. The number of rotatable bonds is 10. The van der Waals surface area contributed by atoms with Crippen LogP contribution in [0.2, 0.25) is 0 Å². The van der Waals surface area contributed by atoms with Gasteiger partial charge in [0.2, 0.25) is 5.91 Å². The maximum Gasteiger partial charge on any atom is 0.357 e. The molecule has 3 atom stereocenters. The number of carbonyl (C=O) groups is 4. The lowest BCUT2D eigenvalue weighted by atomic mass is 9.96. The Balaban J connectivity index is 0.000000541. The predicted octanol–water partition coefficient (Wildman–Crippen LogP) is 2.44. The second-order valence-corrected chi connectivity index (χ2v) is 12.3. The van der Waals surface area contributed by atoms with Crippen molar-refractivity contribution in [3.8, 4) is 0 Å². The molecule has 44 heavy (non-hydrogen) atoms. The van der Waals surface area contributed by atoms with Gasteiger partial charge in [-0.1, -0.05) is 53.7 Å². The summed E-state index contributed by atoms with van der Waals surface area (Å²) in [5.41, 5.74) is -0.261. The van der Waals surface area contributed by atoms with Crippen LogP contribution in [0.4, 0.5) is 0 Å². The molecular formula is C30H48N6O7S. The van der Waals surface area contributed by atoms with Crippen LogP contribution < -0.4 is 5.32 Å². The second kappa shape index (κ2) is 17.2. The highest BCUT2D eigenvalue weighted by Crippen LogP contribution is 2.50. The fourth-order valence-electron chi connectivity index (χ4n) is 5.00. The third-order valence-electron chi connectivity index (χ3n) is 7.63. The van der Waals surface area contributed by atoms with E-state index < -0.39 is 57.3 Å². The number of hydrogen-bond donors (Lipinski definition) is 3. The van der Waals surface area contributed by atoms with Crippen LogP contribution >= 0.6 is 11.8 Å². The van der Waals surface area contributed by atoms with E-state index in [1.807, 2.05) is 0 Å². The Labute approximate surface area is 263 Å². The van der Waals surface area contributed by atoms with Gasteiger partial charge in [-0.3, -0.25) is 9.59 Å². The fraction of sp³-hybridized carbons (Fsp3) is 0.600. The third kappa shape index (κ3) is 8.87. The Kier molecular flexibility index (Phi) is 15.2. The molecule has 0 bridgehead atoms. The maximum absolute atomic E-state index is 12.8. The van der Waals surface area contributed by atoms with Crippen molar-refractivity contribution in [3.63, 3.8) is 0 Å². The van der Waals surface area contributed by atoms with Gasteiger partial charge in [0.05, 0.1) is 11.0 Å². The normalized spacial score (nSPS) is 19.5. The molecule has 13 nitrogen and oxygen atoms in total. The number of amides is 2. The minimum Gasteiger partial charge on any atom is -0.480 e. The number of carbonyl (C=O) groups excluding carboxylic acids is 2. The minimum atomic E-state index is -1.42. The number of aliphatic carboxylic acids is 1. The number of thioether (sulfide) groups is 1. The highest BCUT2D eigenvalue weighted by atomic mass is 32.2. The van der Waals surface area contributed by atoms with Crippen LogP contribution in [0.5, 0.6) is 0 Å². The second-order valence-electron chi connectivity index (χ2n) is 10.5. The lowest BCUT2D eigenvalue weighted by molar-refractivity contribution is -0.159. The van der Waals surface area contributed by atoms with E-state index in [2.05, 4.69) is 66.6 Å². The van der Waals surface area contributed by atoms with Gasteiger partial charge in [0.1, 0.15) is 17.5 Å². The summed E-state index contributed by atoms with van der Waals surface area (Å²) < 4.78 is -0.735. The van der Waals surface area contributed by atoms with Gasteiger partial charge in [-0.15, -0.1) is 11.8 Å².